The van der Waals surface area contributed by atoms with Gasteiger partial charge in [-0.25, -0.2) is 9.59 Å². The minimum atomic E-state index is -0.927. The Kier molecular flexibility index (Phi) is 8.00. The molecule has 3 atom stereocenters. The van der Waals surface area contributed by atoms with E-state index in [4.69, 9.17) is 9.47 Å². The van der Waals surface area contributed by atoms with Crippen molar-refractivity contribution in [2.45, 2.75) is 71.6 Å². The molecule has 0 unspecified atom stereocenters. The minimum absolute atomic E-state index is 0.0907. The monoisotopic (exact) mass is 565 g/mol. The number of carbonyl (C=O) groups excluding carboxylic acids is 1. The van der Waals surface area contributed by atoms with Crippen LogP contribution in [0, 0.1) is 13.8 Å². The molecule has 6 nitrogen and oxygen atoms in total. The van der Waals surface area contributed by atoms with Crippen LogP contribution >= 0.6 is 0 Å². The molecule has 1 amide bonds. The number of nitrogens with zero attached hydrogens (tertiary/aromatic N) is 1. The Hall–Kier alpha value is -4.32. The zero-order chi connectivity index (χ0) is 30.2. The van der Waals surface area contributed by atoms with E-state index in [-0.39, 0.29) is 18.1 Å². The van der Waals surface area contributed by atoms with Crippen molar-refractivity contribution in [2.75, 3.05) is 6.54 Å². The summed E-state index contributed by atoms with van der Waals surface area (Å²) in [5.41, 5.74) is 4.19. The summed E-state index contributed by atoms with van der Waals surface area (Å²) in [6, 6.07) is 25.9. The summed E-state index contributed by atoms with van der Waals surface area (Å²) in [6.07, 6.45) is -0.160. The maximum absolute atomic E-state index is 13.8. The van der Waals surface area contributed by atoms with E-state index >= 15 is 0 Å². The Labute approximate surface area is 247 Å². The first kappa shape index (κ1) is 29.2. The summed E-state index contributed by atoms with van der Waals surface area (Å²) in [5, 5.41) is 12.1. The Balaban J connectivity index is 1.54. The van der Waals surface area contributed by atoms with Gasteiger partial charge in [0.1, 0.15) is 17.5 Å². The van der Waals surface area contributed by atoms with Crippen molar-refractivity contribution in [3.05, 3.63) is 112 Å². The number of amides is 1. The van der Waals surface area contributed by atoms with Gasteiger partial charge in [-0.15, -0.1) is 0 Å². The number of aryl methyl sites for hydroxylation is 1. The van der Waals surface area contributed by atoms with Gasteiger partial charge in [-0.05, 0) is 87.1 Å². The van der Waals surface area contributed by atoms with Crippen LogP contribution in [0.3, 0.4) is 0 Å². The average molecular weight is 566 g/mol. The number of fused-ring (bicyclic) bond motifs is 2. The summed E-state index contributed by atoms with van der Waals surface area (Å²) >= 11 is 0. The summed E-state index contributed by atoms with van der Waals surface area (Å²) in [4.78, 5) is 27.7. The molecule has 1 heterocycles. The fourth-order valence-corrected chi connectivity index (χ4v) is 6.18. The van der Waals surface area contributed by atoms with Gasteiger partial charge >= 0.3 is 12.1 Å². The molecule has 0 fully saturated rings. The van der Waals surface area contributed by atoms with Gasteiger partial charge in [0.05, 0.1) is 18.2 Å². The number of benzene rings is 4. The normalized spacial score (nSPS) is 17.2. The number of ether oxygens (including phenoxy) is 2. The summed E-state index contributed by atoms with van der Waals surface area (Å²) < 4.78 is 12.5. The molecule has 6 heteroatoms. The third kappa shape index (κ3) is 5.85. The van der Waals surface area contributed by atoms with E-state index in [2.05, 4.69) is 24.3 Å². The third-order valence-electron chi connectivity index (χ3n) is 8.16. The fraction of sp³-hybridized carbons (Fsp3) is 0.333. The molecule has 1 aliphatic heterocycles. The first-order chi connectivity index (χ1) is 19.9. The van der Waals surface area contributed by atoms with E-state index in [1.165, 1.54) is 0 Å². The number of carboxylic acids is 1. The van der Waals surface area contributed by atoms with E-state index in [9.17, 15) is 14.7 Å². The number of aromatic carboxylic acids is 1. The molecule has 0 aromatic heterocycles. The van der Waals surface area contributed by atoms with Crippen LogP contribution in [0.5, 0.6) is 5.75 Å². The Morgan fingerprint density at radius 3 is 2.38 bits per heavy atom. The van der Waals surface area contributed by atoms with Gasteiger partial charge in [-0.3, -0.25) is 4.90 Å². The van der Waals surface area contributed by atoms with Gasteiger partial charge in [-0.1, -0.05) is 72.8 Å². The molecule has 0 bridgehead atoms. The predicted octanol–water partition coefficient (Wildman–Crippen LogP) is 8.44. The summed E-state index contributed by atoms with van der Waals surface area (Å²) in [6.45, 7) is 11.7. The van der Waals surface area contributed by atoms with Crippen molar-refractivity contribution in [2.24, 2.45) is 0 Å². The fourth-order valence-electron chi connectivity index (χ4n) is 6.18. The second kappa shape index (κ2) is 11.5. The van der Waals surface area contributed by atoms with Crippen molar-refractivity contribution in [3.63, 3.8) is 0 Å². The minimum Gasteiger partial charge on any atom is -0.488 e. The van der Waals surface area contributed by atoms with E-state index in [0.717, 1.165) is 44.3 Å². The van der Waals surface area contributed by atoms with Crippen LogP contribution < -0.4 is 4.74 Å². The zero-order valence-corrected chi connectivity index (χ0v) is 25.2. The van der Waals surface area contributed by atoms with Crippen LogP contribution in [-0.4, -0.2) is 40.3 Å². The first-order valence-corrected chi connectivity index (χ1v) is 14.5. The molecule has 42 heavy (non-hydrogen) atoms. The standard InChI is InChI=1S/C36H39NO5/c1-22-18-19-27(23(2)33(22)34(38)39)31-20-26(41-32-17-10-9-15-30(31)32)21-37(35(40)42-36(4,5)6)24(3)28-16-11-13-25-12-7-8-14-29(25)28/h7-19,24,26,31H,20-21H2,1-6H3,(H,38,39)/t24-,26+,31-/m0/s1. The predicted molar refractivity (Wildman–Crippen MR) is 165 cm³/mol. The van der Waals surface area contributed by atoms with Crippen molar-refractivity contribution < 1.29 is 24.2 Å². The molecular formula is C36H39NO5. The van der Waals surface area contributed by atoms with Crippen molar-refractivity contribution in [3.8, 4) is 5.75 Å². The largest absolute Gasteiger partial charge is 0.488 e. The maximum atomic E-state index is 13.8. The van der Waals surface area contributed by atoms with E-state index < -0.39 is 17.7 Å². The summed E-state index contributed by atoms with van der Waals surface area (Å²) in [5.74, 6) is -0.270. The Bertz CT molecular complexity index is 1630. The molecule has 1 aliphatic rings. The van der Waals surface area contributed by atoms with Crippen molar-refractivity contribution in [1.82, 2.24) is 4.90 Å². The maximum Gasteiger partial charge on any atom is 0.410 e. The lowest BCUT2D eigenvalue weighted by molar-refractivity contribution is 0.00568. The smallest absolute Gasteiger partial charge is 0.410 e. The second-order valence-electron chi connectivity index (χ2n) is 12.2. The third-order valence-corrected chi connectivity index (χ3v) is 8.16. The van der Waals surface area contributed by atoms with Crippen LogP contribution in [0.25, 0.3) is 10.8 Å². The Morgan fingerprint density at radius 1 is 0.952 bits per heavy atom. The molecule has 0 radical (unpaired) electrons. The lowest BCUT2D eigenvalue weighted by Crippen LogP contribution is -2.45. The van der Waals surface area contributed by atoms with E-state index in [1.807, 2.05) is 96.1 Å². The number of hydrogen-bond acceptors (Lipinski definition) is 4. The number of carboxylic acid groups (broad SMARTS) is 1. The number of carbonyl (C=O) groups is 2. The van der Waals surface area contributed by atoms with Crippen LogP contribution in [0.4, 0.5) is 4.79 Å². The van der Waals surface area contributed by atoms with Crippen LogP contribution in [0.1, 0.15) is 84.3 Å². The highest BCUT2D eigenvalue weighted by molar-refractivity contribution is 5.91. The van der Waals surface area contributed by atoms with Gasteiger partial charge in [0.15, 0.2) is 0 Å². The van der Waals surface area contributed by atoms with Gasteiger partial charge in [0, 0.05) is 11.5 Å². The molecule has 5 rings (SSSR count). The molecule has 4 aromatic carbocycles. The number of rotatable bonds is 6. The Morgan fingerprint density at radius 2 is 1.64 bits per heavy atom. The SMILES string of the molecule is Cc1ccc([C@@H]2C[C@H](CN(C(=O)OC(C)(C)C)[C@@H](C)c3cccc4ccccc34)Oc3ccccc32)c(C)c1C(=O)O. The molecule has 4 aromatic rings. The highest BCUT2D eigenvalue weighted by Gasteiger charge is 2.36. The summed E-state index contributed by atoms with van der Waals surface area (Å²) in [7, 11) is 0. The topological polar surface area (TPSA) is 76.1 Å². The van der Waals surface area contributed by atoms with Gasteiger partial charge in [0.2, 0.25) is 0 Å². The van der Waals surface area contributed by atoms with Gasteiger partial charge in [-0.2, -0.15) is 0 Å². The molecule has 1 N–H and O–H groups in total. The lowest BCUT2D eigenvalue weighted by Gasteiger charge is -2.38. The molecule has 0 saturated heterocycles. The molecular weight excluding hydrogens is 526 g/mol. The molecule has 0 aliphatic carbocycles. The van der Waals surface area contributed by atoms with Gasteiger partial charge in [0.25, 0.3) is 0 Å². The zero-order valence-electron chi connectivity index (χ0n) is 25.2. The molecule has 218 valence electrons. The molecule has 0 saturated carbocycles. The lowest BCUT2D eigenvalue weighted by atomic mass is 9.80. The van der Waals surface area contributed by atoms with Gasteiger partial charge < -0.3 is 14.6 Å². The highest BCUT2D eigenvalue weighted by Crippen LogP contribution is 2.43. The quantitative estimate of drug-likeness (QED) is 0.254. The average Bonchev–Trinajstić information content (AvgIpc) is 2.94. The van der Waals surface area contributed by atoms with Crippen LogP contribution in [0.15, 0.2) is 78.9 Å². The molecule has 0 spiro atoms. The highest BCUT2D eigenvalue weighted by atomic mass is 16.6. The van der Waals surface area contributed by atoms with Crippen molar-refractivity contribution in [1.29, 1.82) is 0 Å². The van der Waals surface area contributed by atoms with E-state index in [0.29, 0.717) is 18.5 Å². The number of para-hydroxylation sites is 1. The van der Waals surface area contributed by atoms with Crippen LogP contribution in [-0.2, 0) is 4.74 Å². The number of hydrogen-bond donors (Lipinski definition) is 1. The van der Waals surface area contributed by atoms with Crippen molar-refractivity contribution >= 4 is 22.8 Å². The van der Waals surface area contributed by atoms with E-state index in [1.54, 1.807) is 4.90 Å². The van der Waals surface area contributed by atoms with Crippen LogP contribution in [0.2, 0.25) is 0 Å². The first-order valence-electron chi connectivity index (χ1n) is 14.5. The second-order valence-corrected chi connectivity index (χ2v) is 12.2.